The minimum Gasteiger partial charge on any atom is -0.497 e. The van der Waals surface area contributed by atoms with E-state index in [0.29, 0.717) is 12.1 Å². The van der Waals surface area contributed by atoms with Gasteiger partial charge in [0.2, 0.25) is 0 Å². The number of hydrogen-bond acceptors (Lipinski definition) is 5. The van der Waals surface area contributed by atoms with Crippen molar-refractivity contribution in [3.63, 3.8) is 0 Å². The van der Waals surface area contributed by atoms with Crippen molar-refractivity contribution in [1.29, 1.82) is 0 Å². The Morgan fingerprint density at radius 2 is 1.80 bits per heavy atom. The summed E-state index contributed by atoms with van der Waals surface area (Å²) in [5.74, 6) is 1.72. The molecule has 6 heteroatoms. The fourth-order valence-corrected chi connectivity index (χ4v) is 5.49. The highest BCUT2D eigenvalue weighted by molar-refractivity contribution is 5.94. The van der Waals surface area contributed by atoms with Crippen LogP contribution in [0, 0.1) is 5.92 Å². The Labute approximate surface area is 179 Å². The van der Waals surface area contributed by atoms with Crippen molar-refractivity contribution in [2.45, 2.75) is 56.2 Å². The SMILES string of the molecule is COc1ccc(C(=O)N2CCC(N3CC(OCC4CC4)C34CCOCC4)CC2)cc1. The summed E-state index contributed by atoms with van der Waals surface area (Å²) in [4.78, 5) is 17.6. The molecule has 3 aliphatic heterocycles. The van der Waals surface area contributed by atoms with E-state index < -0.39 is 0 Å². The van der Waals surface area contributed by atoms with Gasteiger partial charge < -0.3 is 19.1 Å². The van der Waals surface area contributed by atoms with Crippen LogP contribution in [0.25, 0.3) is 0 Å². The summed E-state index contributed by atoms with van der Waals surface area (Å²) in [6.45, 7) is 5.32. The summed E-state index contributed by atoms with van der Waals surface area (Å²) in [5.41, 5.74) is 0.910. The van der Waals surface area contributed by atoms with Crippen molar-refractivity contribution in [3.8, 4) is 5.75 Å². The molecule has 1 aromatic carbocycles. The zero-order valence-electron chi connectivity index (χ0n) is 18.1. The largest absolute Gasteiger partial charge is 0.497 e. The van der Waals surface area contributed by atoms with Gasteiger partial charge in [-0.05, 0) is 68.7 Å². The molecular weight excluding hydrogens is 380 g/mol. The molecule has 1 spiro atoms. The topological polar surface area (TPSA) is 51.2 Å². The lowest BCUT2D eigenvalue weighted by Gasteiger charge is -2.63. The van der Waals surface area contributed by atoms with Gasteiger partial charge in [-0.15, -0.1) is 0 Å². The summed E-state index contributed by atoms with van der Waals surface area (Å²) in [6.07, 6.45) is 7.28. The Balaban J connectivity index is 1.18. The third-order valence-electron chi connectivity index (χ3n) is 7.65. The molecular formula is C24H34N2O4. The van der Waals surface area contributed by atoms with Crippen molar-refractivity contribution >= 4 is 5.91 Å². The molecule has 5 rings (SSSR count). The normalized spacial score (nSPS) is 27.1. The smallest absolute Gasteiger partial charge is 0.253 e. The van der Waals surface area contributed by atoms with Crippen molar-refractivity contribution in [3.05, 3.63) is 29.8 Å². The van der Waals surface area contributed by atoms with Crippen LogP contribution in [-0.2, 0) is 9.47 Å². The van der Waals surface area contributed by atoms with Gasteiger partial charge in [0.05, 0.1) is 18.8 Å². The number of carbonyl (C=O) groups excluding carboxylic acids is 1. The lowest BCUT2D eigenvalue weighted by Crippen LogP contribution is -2.76. The van der Waals surface area contributed by atoms with E-state index in [9.17, 15) is 4.79 Å². The van der Waals surface area contributed by atoms with E-state index >= 15 is 0 Å². The van der Waals surface area contributed by atoms with Crippen LogP contribution in [0.3, 0.4) is 0 Å². The number of carbonyl (C=O) groups is 1. The molecule has 3 heterocycles. The van der Waals surface area contributed by atoms with E-state index in [1.807, 2.05) is 29.2 Å². The summed E-state index contributed by atoms with van der Waals surface area (Å²) < 4.78 is 17.3. The van der Waals surface area contributed by atoms with Gasteiger partial charge in [-0.1, -0.05) is 0 Å². The molecule has 1 aliphatic carbocycles. The second-order valence-corrected chi connectivity index (χ2v) is 9.39. The molecule has 0 bridgehead atoms. The monoisotopic (exact) mass is 414 g/mol. The average Bonchev–Trinajstić information content (AvgIpc) is 3.63. The maximum absolute atomic E-state index is 12.9. The molecule has 1 saturated carbocycles. The molecule has 6 nitrogen and oxygen atoms in total. The summed E-state index contributed by atoms with van der Waals surface area (Å²) >= 11 is 0. The second kappa shape index (κ2) is 8.48. The minimum absolute atomic E-state index is 0.131. The molecule has 0 N–H and O–H groups in total. The number of benzene rings is 1. The zero-order valence-corrected chi connectivity index (χ0v) is 18.1. The summed E-state index contributed by atoms with van der Waals surface area (Å²) in [6, 6.07) is 7.99. The van der Waals surface area contributed by atoms with Crippen LogP contribution in [0.1, 0.15) is 48.9 Å². The number of methoxy groups -OCH3 is 1. The maximum Gasteiger partial charge on any atom is 0.253 e. The molecule has 4 aliphatic rings. The number of likely N-dealkylation sites (tertiary alicyclic amines) is 2. The first-order chi connectivity index (χ1) is 14.7. The van der Waals surface area contributed by atoms with Gasteiger partial charge in [-0.3, -0.25) is 9.69 Å². The number of rotatable bonds is 6. The number of nitrogens with zero attached hydrogens (tertiary/aromatic N) is 2. The van der Waals surface area contributed by atoms with Gasteiger partial charge in [-0.2, -0.15) is 0 Å². The third-order valence-corrected chi connectivity index (χ3v) is 7.65. The first kappa shape index (κ1) is 20.3. The highest BCUT2D eigenvalue weighted by Crippen LogP contribution is 2.45. The van der Waals surface area contributed by atoms with Gasteiger partial charge in [0, 0.05) is 51.1 Å². The summed E-state index contributed by atoms with van der Waals surface area (Å²) in [5, 5.41) is 0. The molecule has 0 radical (unpaired) electrons. The number of amides is 1. The molecule has 4 fully saturated rings. The van der Waals surface area contributed by atoms with E-state index in [1.54, 1.807) is 7.11 Å². The van der Waals surface area contributed by atoms with Gasteiger partial charge >= 0.3 is 0 Å². The number of piperidine rings is 1. The van der Waals surface area contributed by atoms with Gasteiger partial charge in [0.25, 0.3) is 5.91 Å². The van der Waals surface area contributed by atoms with Crippen LogP contribution in [0.15, 0.2) is 24.3 Å². The van der Waals surface area contributed by atoms with Gasteiger partial charge in [-0.25, -0.2) is 0 Å². The van der Waals surface area contributed by atoms with E-state index in [2.05, 4.69) is 4.90 Å². The molecule has 1 aromatic rings. The molecule has 1 unspecified atom stereocenters. The quantitative estimate of drug-likeness (QED) is 0.716. The van der Waals surface area contributed by atoms with Crippen molar-refractivity contribution < 1.29 is 19.0 Å². The lowest BCUT2D eigenvalue weighted by atomic mass is 9.73. The molecule has 3 saturated heterocycles. The molecule has 1 atom stereocenters. The molecule has 164 valence electrons. The number of ether oxygens (including phenoxy) is 3. The highest BCUT2D eigenvalue weighted by Gasteiger charge is 2.57. The van der Waals surface area contributed by atoms with Crippen LogP contribution in [0.2, 0.25) is 0 Å². The molecule has 0 aromatic heterocycles. The van der Waals surface area contributed by atoms with Gasteiger partial charge in [0.15, 0.2) is 0 Å². The Bertz CT molecular complexity index is 734. The van der Waals surface area contributed by atoms with E-state index in [-0.39, 0.29) is 11.4 Å². The van der Waals surface area contributed by atoms with Crippen molar-refractivity contribution in [1.82, 2.24) is 9.80 Å². The minimum atomic E-state index is 0.131. The summed E-state index contributed by atoms with van der Waals surface area (Å²) in [7, 11) is 1.64. The first-order valence-electron chi connectivity index (χ1n) is 11.6. The van der Waals surface area contributed by atoms with E-state index in [1.165, 1.54) is 12.8 Å². The van der Waals surface area contributed by atoms with Crippen LogP contribution in [-0.4, -0.2) is 80.0 Å². The zero-order chi connectivity index (χ0) is 20.6. The Hall–Kier alpha value is -1.63. The van der Waals surface area contributed by atoms with Crippen LogP contribution >= 0.6 is 0 Å². The average molecular weight is 415 g/mol. The molecule has 1 amide bonds. The van der Waals surface area contributed by atoms with E-state index in [0.717, 1.165) is 82.4 Å². The standard InChI is InChI=1S/C24H34N2O4/c1-28-21-6-4-19(5-7-21)23(27)25-12-8-20(9-13-25)26-16-22(30-17-18-2-3-18)24(26)10-14-29-15-11-24/h4-7,18,20,22H,2-3,8-17H2,1H3. The second-order valence-electron chi connectivity index (χ2n) is 9.39. The fourth-order valence-electron chi connectivity index (χ4n) is 5.49. The Morgan fingerprint density at radius 3 is 2.43 bits per heavy atom. The highest BCUT2D eigenvalue weighted by atomic mass is 16.5. The van der Waals surface area contributed by atoms with E-state index in [4.69, 9.17) is 14.2 Å². The Kier molecular flexibility index (Phi) is 5.73. The fraction of sp³-hybridized carbons (Fsp3) is 0.708. The van der Waals surface area contributed by atoms with Crippen LogP contribution in [0.4, 0.5) is 0 Å². The number of hydrogen-bond donors (Lipinski definition) is 0. The van der Waals surface area contributed by atoms with Crippen LogP contribution in [0.5, 0.6) is 5.75 Å². The van der Waals surface area contributed by atoms with Crippen molar-refractivity contribution in [2.75, 3.05) is 46.6 Å². The van der Waals surface area contributed by atoms with Crippen molar-refractivity contribution in [2.24, 2.45) is 5.92 Å². The first-order valence-corrected chi connectivity index (χ1v) is 11.6. The Morgan fingerprint density at radius 1 is 1.10 bits per heavy atom. The van der Waals surface area contributed by atoms with Gasteiger partial charge in [0.1, 0.15) is 5.75 Å². The third kappa shape index (κ3) is 3.85. The predicted molar refractivity (Wildman–Crippen MR) is 114 cm³/mol. The molecule has 30 heavy (non-hydrogen) atoms. The lowest BCUT2D eigenvalue weighted by molar-refractivity contribution is -0.217. The van der Waals surface area contributed by atoms with Crippen LogP contribution < -0.4 is 4.74 Å². The maximum atomic E-state index is 12.9. The predicted octanol–water partition coefficient (Wildman–Crippen LogP) is 2.96.